The standard InChI is InChI=1S/C10H17Cl/c1-5-6-7-10(3,4)8-9(2)11/h9H,7-8H2,1-4H3. The van der Waals surface area contributed by atoms with Gasteiger partial charge in [-0.15, -0.1) is 23.4 Å². The highest BCUT2D eigenvalue weighted by atomic mass is 35.5. The molecule has 0 rings (SSSR count). The number of halogens is 1. The summed E-state index contributed by atoms with van der Waals surface area (Å²) in [5.41, 5.74) is 0.268. The van der Waals surface area contributed by atoms with Crippen molar-refractivity contribution in [2.75, 3.05) is 0 Å². The molecule has 0 heterocycles. The van der Waals surface area contributed by atoms with E-state index in [1.54, 1.807) is 0 Å². The van der Waals surface area contributed by atoms with Crippen molar-refractivity contribution in [1.82, 2.24) is 0 Å². The summed E-state index contributed by atoms with van der Waals surface area (Å²) in [6, 6.07) is 0. The largest absolute Gasteiger partial charge is 0.123 e. The summed E-state index contributed by atoms with van der Waals surface area (Å²) in [6.45, 7) is 8.31. The predicted octanol–water partition coefficient (Wildman–Crippen LogP) is 3.44. The van der Waals surface area contributed by atoms with E-state index in [0.29, 0.717) is 0 Å². The molecule has 0 radical (unpaired) electrons. The van der Waals surface area contributed by atoms with E-state index < -0.39 is 0 Å². The first kappa shape index (κ1) is 10.8. The van der Waals surface area contributed by atoms with Gasteiger partial charge >= 0.3 is 0 Å². The van der Waals surface area contributed by atoms with Gasteiger partial charge in [0.2, 0.25) is 0 Å². The highest BCUT2D eigenvalue weighted by Gasteiger charge is 2.18. The molecule has 1 atom stereocenters. The summed E-state index contributed by atoms with van der Waals surface area (Å²) in [6.07, 6.45) is 1.98. The molecule has 0 aromatic heterocycles. The predicted molar refractivity (Wildman–Crippen MR) is 51.8 cm³/mol. The Bertz CT molecular complexity index is 157. The van der Waals surface area contributed by atoms with Gasteiger partial charge in [0.15, 0.2) is 0 Å². The minimum Gasteiger partial charge on any atom is -0.123 e. The number of rotatable bonds is 3. The molecular formula is C10H17Cl. The van der Waals surface area contributed by atoms with Gasteiger partial charge in [-0.25, -0.2) is 0 Å². The maximum absolute atomic E-state index is 5.89. The Morgan fingerprint density at radius 2 is 2.00 bits per heavy atom. The average molecular weight is 173 g/mol. The monoisotopic (exact) mass is 172 g/mol. The topological polar surface area (TPSA) is 0 Å². The lowest BCUT2D eigenvalue weighted by Crippen LogP contribution is -2.14. The molecule has 0 spiro atoms. The SMILES string of the molecule is CC#CCC(C)(C)CC(C)Cl. The molecule has 0 aromatic carbocycles. The lowest BCUT2D eigenvalue weighted by atomic mass is 9.85. The van der Waals surface area contributed by atoms with Crippen LogP contribution in [0.1, 0.15) is 40.5 Å². The zero-order valence-corrected chi connectivity index (χ0v) is 8.63. The molecule has 0 N–H and O–H groups in total. The van der Waals surface area contributed by atoms with E-state index in [2.05, 4.69) is 25.7 Å². The molecular weight excluding hydrogens is 156 g/mol. The van der Waals surface area contributed by atoms with Crippen LogP contribution in [-0.4, -0.2) is 5.38 Å². The minimum absolute atomic E-state index is 0.253. The molecule has 0 saturated carbocycles. The summed E-state index contributed by atoms with van der Waals surface area (Å²) in [5.74, 6) is 5.99. The van der Waals surface area contributed by atoms with Gasteiger partial charge in [0.25, 0.3) is 0 Å². The van der Waals surface area contributed by atoms with Gasteiger partial charge in [-0.3, -0.25) is 0 Å². The first-order valence-corrected chi connectivity index (χ1v) is 4.45. The van der Waals surface area contributed by atoms with Gasteiger partial charge in [0.1, 0.15) is 0 Å². The van der Waals surface area contributed by atoms with E-state index >= 15 is 0 Å². The highest BCUT2D eigenvalue weighted by molar-refractivity contribution is 6.20. The van der Waals surface area contributed by atoms with Crippen molar-refractivity contribution in [3.05, 3.63) is 0 Å². The fraction of sp³-hybridized carbons (Fsp3) is 0.800. The summed E-state index contributed by atoms with van der Waals surface area (Å²) in [5, 5.41) is 0.253. The Morgan fingerprint density at radius 3 is 2.36 bits per heavy atom. The van der Waals surface area contributed by atoms with E-state index in [1.165, 1.54) is 0 Å². The van der Waals surface area contributed by atoms with Crippen LogP contribution in [0.15, 0.2) is 0 Å². The molecule has 0 aliphatic heterocycles. The molecule has 0 bridgehead atoms. The lowest BCUT2D eigenvalue weighted by Gasteiger charge is -2.22. The number of hydrogen-bond donors (Lipinski definition) is 0. The van der Waals surface area contributed by atoms with Crippen LogP contribution in [0.3, 0.4) is 0 Å². The van der Waals surface area contributed by atoms with Crippen LogP contribution < -0.4 is 0 Å². The zero-order valence-electron chi connectivity index (χ0n) is 7.87. The van der Waals surface area contributed by atoms with Gasteiger partial charge in [0.05, 0.1) is 0 Å². The maximum Gasteiger partial charge on any atom is 0.0313 e. The van der Waals surface area contributed by atoms with Crippen LogP contribution in [-0.2, 0) is 0 Å². The van der Waals surface area contributed by atoms with Crippen LogP contribution in [0, 0.1) is 17.3 Å². The van der Waals surface area contributed by atoms with Crippen LogP contribution in [0.25, 0.3) is 0 Å². The van der Waals surface area contributed by atoms with Gasteiger partial charge < -0.3 is 0 Å². The van der Waals surface area contributed by atoms with E-state index in [1.807, 2.05) is 13.8 Å². The van der Waals surface area contributed by atoms with Gasteiger partial charge in [0, 0.05) is 11.8 Å². The Morgan fingerprint density at radius 1 is 1.45 bits per heavy atom. The zero-order chi connectivity index (χ0) is 8.91. The fourth-order valence-corrected chi connectivity index (χ4v) is 1.58. The summed E-state index contributed by atoms with van der Waals surface area (Å²) >= 11 is 5.89. The Kier molecular flexibility index (Phi) is 4.61. The van der Waals surface area contributed by atoms with E-state index in [0.717, 1.165) is 12.8 Å². The van der Waals surface area contributed by atoms with Crippen LogP contribution in [0.4, 0.5) is 0 Å². The van der Waals surface area contributed by atoms with Crippen molar-refractivity contribution in [3.63, 3.8) is 0 Å². The van der Waals surface area contributed by atoms with Crippen molar-refractivity contribution in [2.45, 2.75) is 45.9 Å². The van der Waals surface area contributed by atoms with E-state index in [4.69, 9.17) is 11.6 Å². The molecule has 0 fully saturated rings. The van der Waals surface area contributed by atoms with Crippen LogP contribution in [0.2, 0.25) is 0 Å². The van der Waals surface area contributed by atoms with Crippen molar-refractivity contribution in [3.8, 4) is 11.8 Å². The first-order chi connectivity index (χ1) is 4.98. The Balaban J connectivity index is 3.86. The second-order valence-electron chi connectivity index (χ2n) is 3.75. The molecule has 0 saturated heterocycles. The van der Waals surface area contributed by atoms with Gasteiger partial charge in [-0.2, -0.15) is 0 Å². The third kappa shape index (κ3) is 6.26. The highest BCUT2D eigenvalue weighted by Crippen LogP contribution is 2.27. The quantitative estimate of drug-likeness (QED) is 0.452. The third-order valence-electron chi connectivity index (χ3n) is 1.58. The fourth-order valence-electron chi connectivity index (χ4n) is 1.16. The molecule has 0 aliphatic rings. The average Bonchev–Trinajstić information content (AvgIpc) is 1.81. The second kappa shape index (κ2) is 4.67. The lowest BCUT2D eigenvalue weighted by molar-refractivity contribution is 0.344. The summed E-state index contributed by atoms with van der Waals surface area (Å²) in [7, 11) is 0. The summed E-state index contributed by atoms with van der Waals surface area (Å²) in [4.78, 5) is 0. The van der Waals surface area contributed by atoms with Crippen molar-refractivity contribution in [1.29, 1.82) is 0 Å². The molecule has 11 heavy (non-hydrogen) atoms. The molecule has 1 heteroatoms. The first-order valence-electron chi connectivity index (χ1n) is 4.01. The van der Waals surface area contributed by atoms with Gasteiger partial charge in [-0.1, -0.05) is 13.8 Å². The van der Waals surface area contributed by atoms with Gasteiger partial charge in [-0.05, 0) is 25.7 Å². The van der Waals surface area contributed by atoms with E-state index in [9.17, 15) is 0 Å². The van der Waals surface area contributed by atoms with E-state index in [-0.39, 0.29) is 10.8 Å². The van der Waals surface area contributed by atoms with Crippen molar-refractivity contribution >= 4 is 11.6 Å². The molecule has 0 nitrogen and oxygen atoms in total. The number of alkyl halides is 1. The summed E-state index contributed by atoms with van der Waals surface area (Å²) < 4.78 is 0. The minimum atomic E-state index is 0.253. The Hall–Kier alpha value is -0.150. The molecule has 0 aliphatic carbocycles. The van der Waals surface area contributed by atoms with Crippen molar-refractivity contribution in [2.24, 2.45) is 5.41 Å². The molecule has 0 amide bonds. The maximum atomic E-state index is 5.89. The smallest absolute Gasteiger partial charge is 0.0313 e. The third-order valence-corrected chi connectivity index (χ3v) is 1.73. The second-order valence-corrected chi connectivity index (χ2v) is 4.50. The molecule has 0 aromatic rings. The normalized spacial score (nSPS) is 13.5. The number of hydrogen-bond acceptors (Lipinski definition) is 0. The molecule has 1 unspecified atom stereocenters. The molecule has 64 valence electrons. The Labute approximate surface area is 75.3 Å². The van der Waals surface area contributed by atoms with Crippen LogP contribution >= 0.6 is 11.6 Å². The van der Waals surface area contributed by atoms with Crippen molar-refractivity contribution < 1.29 is 0 Å². The van der Waals surface area contributed by atoms with Crippen LogP contribution in [0.5, 0.6) is 0 Å².